The van der Waals surface area contributed by atoms with E-state index in [4.69, 9.17) is 5.26 Å². The molecule has 0 fully saturated rings. The lowest BCUT2D eigenvalue weighted by Crippen LogP contribution is -2.27. The van der Waals surface area contributed by atoms with E-state index in [0.29, 0.717) is 12.1 Å². The average molecular weight is 234 g/mol. The summed E-state index contributed by atoms with van der Waals surface area (Å²) >= 11 is 0. The number of sulfonamides is 1. The lowest BCUT2D eigenvalue weighted by Gasteiger charge is -2.24. The van der Waals surface area contributed by atoms with Crippen molar-refractivity contribution in [3.63, 3.8) is 0 Å². The van der Waals surface area contributed by atoms with Crippen molar-refractivity contribution in [2.75, 3.05) is 6.26 Å². The van der Waals surface area contributed by atoms with Crippen molar-refractivity contribution in [1.29, 1.82) is 5.26 Å². The molecular formula is C11H10N2O2S. The fraction of sp³-hybridized carbons (Fsp3) is 0.182. The average Bonchev–Trinajstić information content (AvgIpc) is 2.26. The van der Waals surface area contributed by atoms with Gasteiger partial charge in [0.15, 0.2) is 0 Å². The van der Waals surface area contributed by atoms with E-state index < -0.39 is 10.0 Å². The number of benzene rings is 1. The fourth-order valence-corrected chi connectivity index (χ4v) is 2.32. The Balaban J connectivity index is 2.57. The molecule has 0 atom stereocenters. The Labute approximate surface area is 94.5 Å². The van der Waals surface area contributed by atoms with E-state index in [9.17, 15) is 8.42 Å². The van der Waals surface area contributed by atoms with Gasteiger partial charge in [-0.15, -0.1) is 0 Å². The minimum Gasteiger partial charge on any atom is -0.272 e. The molecule has 16 heavy (non-hydrogen) atoms. The van der Waals surface area contributed by atoms with Crippen LogP contribution in [0.25, 0.3) is 5.57 Å². The van der Waals surface area contributed by atoms with E-state index >= 15 is 0 Å². The van der Waals surface area contributed by atoms with Gasteiger partial charge in [0.2, 0.25) is 10.0 Å². The highest BCUT2D eigenvalue weighted by Crippen LogP contribution is 2.27. The van der Waals surface area contributed by atoms with Gasteiger partial charge in [0.1, 0.15) is 6.07 Å². The second-order valence-corrected chi connectivity index (χ2v) is 5.55. The first-order chi connectivity index (χ1) is 7.52. The van der Waals surface area contributed by atoms with E-state index in [2.05, 4.69) is 0 Å². The summed E-state index contributed by atoms with van der Waals surface area (Å²) in [6.07, 6.45) is 2.52. The van der Waals surface area contributed by atoms with Crippen molar-refractivity contribution < 1.29 is 8.42 Å². The zero-order chi connectivity index (χ0) is 11.8. The third kappa shape index (κ3) is 1.79. The number of rotatable bonds is 1. The minimum absolute atomic E-state index is 0.292. The summed E-state index contributed by atoms with van der Waals surface area (Å²) < 4.78 is 24.0. The quantitative estimate of drug-likeness (QED) is 0.736. The Morgan fingerprint density at radius 3 is 2.69 bits per heavy atom. The highest BCUT2D eigenvalue weighted by molar-refractivity contribution is 7.88. The van der Waals surface area contributed by atoms with Crippen LogP contribution in [0.1, 0.15) is 11.1 Å². The van der Waals surface area contributed by atoms with Crippen molar-refractivity contribution in [3.8, 4) is 6.07 Å². The SMILES string of the molecule is CS(=O)(=O)N1C=C(C#N)c2ccccc2C1. The van der Waals surface area contributed by atoms with E-state index in [1.54, 1.807) is 0 Å². The maximum Gasteiger partial charge on any atom is 0.232 e. The number of fused-ring (bicyclic) bond motifs is 1. The van der Waals surface area contributed by atoms with Crippen molar-refractivity contribution in [2.45, 2.75) is 6.54 Å². The Kier molecular flexibility index (Phi) is 2.44. The largest absolute Gasteiger partial charge is 0.272 e. The zero-order valence-corrected chi connectivity index (χ0v) is 9.53. The molecule has 1 aliphatic rings. The van der Waals surface area contributed by atoms with E-state index in [1.807, 2.05) is 30.3 Å². The lowest BCUT2D eigenvalue weighted by molar-refractivity contribution is 0.498. The Bertz CT molecular complexity index is 597. The molecule has 2 rings (SSSR count). The normalized spacial score (nSPS) is 15.0. The molecular weight excluding hydrogens is 224 g/mol. The van der Waals surface area contributed by atoms with Crippen LogP contribution in [0.3, 0.4) is 0 Å². The molecule has 0 radical (unpaired) electrons. The van der Waals surface area contributed by atoms with Gasteiger partial charge in [-0.25, -0.2) is 8.42 Å². The number of hydrogen-bond donors (Lipinski definition) is 0. The topological polar surface area (TPSA) is 61.2 Å². The molecule has 0 N–H and O–H groups in total. The molecule has 1 heterocycles. The first kappa shape index (κ1) is 10.7. The van der Waals surface area contributed by atoms with Gasteiger partial charge >= 0.3 is 0 Å². The summed E-state index contributed by atoms with van der Waals surface area (Å²) in [4.78, 5) is 0. The standard InChI is InChI=1S/C11H10N2O2S/c1-16(14,15)13-7-9-4-2-3-5-11(9)10(6-12)8-13/h2-5,8H,7H2,1H3. The summed E-state index contributed by atoms with van der Waals surface area (Å²) in [7, 11) is -3.31. The summed E-state index contributed by atoms with van der Waals surface area (Å²) in [5, 5.41) is 8.98. The van der Waals surface area contributed by atoms with Crippen LogP contribution in [-0.4, -0.2) is 19.0 Å². The molecule has 0 amide bonds. The lowest BCUT2D eigenvalue weighted by atomic mass is 9.99. The highest BCUT2D eigenvalue weighted by atomic mass is 32.2. The van der Waals surface area contributed by atoms with Crippen LogP contribution in [0.5, 0.6) is 0 Å². The maximum absolute atomic E-state index is 11.4. The number of nitrogens with zero attached hydrogens (tertiary/aromatic N) is 2. The number of nitriles is 1. The zero-order valence-electron chi connectivity index (χ0n) is 8.71. The maximum atomic E-state index is 11.4. The first-order valence-electron chi connectivity index (χ1n) is 4.69. The number of hydrogen-bond acceptors (Lipinski definition) is 3. The van der Waals surface area contributed by atoms with Crippen molar-refractivity contribution >= 4 is 15.6 Å². The third-order valence-electron chi connectivity index (χ3n) is 2.45. The van der Waals surface area contributed by atoms with Crippen LogP contribution in [-0.2, 0) is 16.6 Å². The van der Waals surface area contributed by atoms with Gasteiger partial charge in [0, 0.05) is 6.20 Å². The van der Waals surface area contributed by atoms with Crippen LogP contribution in [0.2, 0.25) is 0 Å². The van der Waals surface area contributed by atoms with Crippen molar-refractivity contribution in [1.82, 2.24) is 4.31 Å². The predicted octanol–water partition coefficient (Wildman–Crippen LogP) is 1.33. The van der Waals surface area contributed by atoms with Crippen molar-refractivity contribution in [3.05, 3.63) is 41.6 Å². The van der Waals surface area contributed by atoms with Gasteiger partial charge in [-0.05, 0) is 11.1 Å². The summed E-state index contributed by atoms with van der Waals surface area (Å²) in [6, 6.07) is 9.34. The summed E-state index contributed by atoms with van der Waals surface area (Å²) in [5.41, 5.74) is 2.05. The number of allylic oxidation sites excluding steroid dienone is 1. The second kappa shape index (κ2) is 3.65. The first-order valence-corrected chi connectivity index (χ1v) is 6.54. The van der Waals surface area contributed by atoms with Crippen LogP contribution in [0, 0.1) is 11.3 Å². The molecule has 0 spiro atoms. The van der Waals surface area contributed by atoms with Crippen LogP contribution in [0.15, 0.2) is 30.5 Å². The molecule has 1 aromatic carbocycles. The summed E-state index contributed by atoms with van der Waals surface area (Å²) in [6.45, 7) is 0.292. The van der Waals surface area contributed by atoms with E-state index in [0.717, 1.165) is 17.4 Å². The highest BCUT2D eigenvalue weighted by Gasteiger charge is 2.21. The molecule has 0 saturated carbocycles. The molecule has 0 saturated heterocycles. The predicted molar refractivity (Wildman–Crippen MR) is 60.4 cm³/mol. The van der Waals surface area contributed by atoms with Gasteiger partial charge in [0.05, 0.1) is 18.4 Å². The molecule has 1 aliphatic heterocycles. The Morgan fingerprint density at radius 1 is 1.38 bits per heavy atom. The van der Waals surface area contributed by atoms with Crippen LogP contribution < -0.4 is 0 Å². The van der Waals surface area contributed by atoms with Gasteiger partial charge in [-0.1, -0.05) is 24.3 Å². The van der Waals surface area contributed by atoms with Gasteiger partial charge in [0.25, 0.3) is 0 Å². The second-order valence-electron chi connectivity index (χ2n) is 3.62. The Morgan fingerprint density at radius 2 is 2.06 bits per heavy atom. The van der Waals surface area contributed by atoms with Crippen LogP contribution >= 0.6 is 0 Å². The van der Waals surface area contributed by atoms with Gasteiger partial charge in [-0.2, -0.15) is 5.26 Å². The van der Waals surface area contributed by atoms with Gasteiger partial charge < -0.3 is 0 Å². The van der Waals surface area contributed by atoms with E-state index in [-0.39, 0.29) is 0 Å². The Hall–Kier alpha value is -1.80. The third-order valence-corrected chi connectivity index (χ3v) is 3.54. The molecule has 5 heteroatoms. The molecule has 1 aromatic rings. The monoisotopic (exact) mass is 234 g/mol. The molecule has 0 aromatic heterocycles. The molecule has 4 nitrogen and oxygen atoms in total. The molecule has 0 unspecified atom stereocenters. The van der Waals surface area contributed by atoms with Crippen molar-refractivity contribution in [2.24, 2.45) is 0 Å². The summed E-state index contributed by atoms with van der Waals surface area (Å²) in [5.74, 6) is 0. The smallest absolute Gasteiger partial charge is 0.232 e. The minimum atomic E-state index is -3.31. The van der Waals surface area contributed by atoms with Gasteiger partial charge in [-0.3, -0.25) is 4.31 Å². The van der Waals surface area contributed by atoms with E-state index in [1.165, 1.54) is 10.5 Å². The molecule has 82 valence electrons. The van der Waals surface area contributed by atoms with Crippen LogP contribution in [0.4, 0.5) is 0 Å². The molecule has 0 bridgehead atoms. The fourth-order valence-electron chi connectivity index (χ4n) is 1.65. The molecule has 0 aliphatic carbocycles.